The first-order valence-corrected chi connectivity index (χ1v) is 8.41. The van der Waals surface area contributed by atoms with Crippen LogP contribution in [0.2, 0.25) is 0 Å². The third-order valence-electron chi connectivity index (χ3n) is 3.29. The van der Waals surface area contributed by atoms with Crippen LogP contribution in [0, 0.1) is 0 Å². The summed E-state index contributed by atoms with van der Waals surface area (Å²) in [4.78, 5) is 31.7. The second-order valence-corrected chi connectivity index (χ2v) is 6.80. The number of benzene rings is 1. The number of aromatic nitrogens is 2. The van der Waals surface area contributed by atoms with Crippen molar-refractivity contribution in [1.82, 2.24) is 14.9 Å². The van der Waals surface area contributed by atoms with Crippen LogP contribution in [0.25, 0.3) is 6.08 Å². The number of carbonyl (C=O) groups is 2. The van der Waals surface area contributed by atoms with Crippen molar-refractivity contribution in [2.45, 2.75) is 6.61 Å². The number of nitrogens with one attached hydrogen (secondary N) is 1. The highest BCUT2D eigenvalue weighted by Crippen LogP contribution is 2.37. The average Bonchev–Trinajstić information content (AvgIpc) is 3.14. The van der Waals surface area contributed by atoms with Gasteiger partial charge in [0.05, 0.1) is 23.1 Å². The molecule has 2 amide bonds. The number of H-pyrrole nitrogens is 1. The number of hydrogen-bond acceptors (Lipinski definition) is 6. The van der Waals surface area contributed by atoms with Crippen molar-refractivity contribution in [1.29, 1.82) is 0 Å². The Kier molecular flexibility index (Phi) is 4.63. The molecule has 0 radical (unpaired) electrons. The van der Waals surface area contributed by atoms with Gasteiger partial charge in [0.25, 0.3) is 11.1 Å². The number of amides is 2. The van der Waals surface area contributed by atoms with E-state index < -0.39 is 0 Å². The van der Waals surface area contributed by atoms with Gasteiger partial charge >= 0.3 is 0 Å². The van der Waals surface area contributed by atoms with E-state index in [9.17, 15) is 14.7 Å². The Morgan fingerprint density at radius 3 is 2.88 bits per heavy atom. The van der Waals surface area contributed by atoms with Crippen molar-refractivity contribution >= 4 is 44.9 Å². The maximum absolute atomic E-state index is 12.0. The molecule has 24 heavy (non-hydrogen) atoms. The molecular weight excluding hydrogens is 398 g/mol. The number of ether oxygens (including phenoxy) is 1. The molecule has 1 aliphatic heterocycles. The molecule has 3 rings (SSSR count). The summed E-state index contributed by atoms with van der Waals surface area (Å²) in [6.45, 7) is 0.208. The van der Waals surface area contributed by atoms with Gasteiger partial charge in [-0.25, -0.2) is 4.98 Å². The summed E-state index contributed by atoms with van der Waals surface area (Å²) in [6, 6.07) is 3.07. The fourth-order valence-corrected chi connectivity index (χ4v) is 3.25. The van der Waals surface area contributed by atoms with Crippen molar-refractivity contribution < 1.29 is 19.4 Å². The molecule has 1 fully saturated rings. The van der Waals surface area contributed by atoms with Crippen molar-refractivity contribution in [3.8, 4) is 11.5 Å². The normalized spacial score (nSPS) is 16.2. The first kappa shape index (κ1) is 16.6. The van der Waals surface area contributed by atoms with Crippen LogP contribution in [0.3, 0.4) is 0 Å². The minimum Gasteiger partial charge on any atom is -0.504 e. The molecule has 1 saturated heterocycles. The Morgan fingerprint density at radius 2 is 2.25 bits per heavy atom. The van der Waals surface area contributed by atoms with Crippen LogP contribution in [0.5, 0.6) is 11.5 Å². The number of imidazole rings is 1. The van der Waals surface area contributed by atoms with Crippen LogP contribution in [0.15, 0.2) is 34.0 Å². The summed E-state index contributed by atoms with van der Waals surface area (Å²) >= 11 is 4.20. The lowest BCUT2D eigenvalue weighted by molar-refractivity contribution is -0.121. The van der Waals surface area contributed by atoms with E-state index in [0.29, 0.717) is 14.9 Å². The first-order valence-electron chi connectivity index (χ1n) is 6.80. The number of nitrogens with zero attached hydrogens (tertiary/aromatic N) is 2. The predicted molar refractivity (Wildman–Crippen MR) is 92.5 cm³/mol. The number of phenolic OH excluding ortho intramolecular Hbond substituents is 1. The number of hydrogen-bond donors (Lipinski definition) is 2. The molecule has 1 aliphatic rings. The molecule has 2 aromatic rings. The minimum atomic E-state index is -0.357. The fraction of sp³-hybridized carbons (Fsp3) is 0.133. The lowest BCUT2D eigenvalue weighted by Crippen LogP contribution is -2.22. The Labute approximate surface area is 149 Å². The summed E-state index contributed by atoms with van der Waals surface area (Å²) in [5.41, 5.74) is 1.37. The van der Waals surface area contributed by atoms with Crippen LogP contribution >= 0.6 is 27.7 Å². The number of likely N-dealkylation sites (N-methyl/N-ethyl adjacent to an activating group) is 1. The van der Waals surface area contributed by atoms with Gasteiger partial charge in [0.15, 0.2) is 11.5 Å². The summed E-state index contributed by atoms with van der Waals surface area (Å²) in [5.74, 6) is -0.137. The van der Waals surface area contributed by atoms with Crippen molar-refractivity contribution in [2.24, 2.45) is 0 Å². The van der Waals surface area contributed by atoms with Gasteiger partial charge in [-0.15, -0.1) is 0 Å². The largest absolute Gasteiger partial charge is 0.504 e. The molecule has 9 heteroatoms. The monoisotopic (exact) mass is 409 g/mol. The summed E-state index contributed by atoms with van der Waals surface area (Å²) in [6.07, 6.45) is 4.74. The molecule has 0 unspecified atom stereocenters. The number of carbonyl (C=O) groups excluding carboxylic acids is 2. The molecular formula is C15H12BrN3O4S. The second-order valence-electron chi connectivity index (χ2n) is 4.95. The number of aromatic hydroxyl groups is 1. The van der Waals surface area contributed by atoms with Gasteiger partial charge < -0.3 is 14.8 Å². The SMILES string of the molecule is CN1C(=O)S/C(=C\c2cc(OCc3cnc[nH]3)c(O)cc2Br)C1=O. The van der Waals surface area contributed by atoms with E-state index >= 15 is 0 Å². The maximum atomic E-state index is 12.0. The maximum Gasteiger partial charge on any atom is 0.293 e. The molecule has 0 saturated carbocycles. The highest BCUT2D eigenvalue weighted by Gasteiger charge is 2.32. The van der Waals surface area contributed by atoms with Crippen molar-refractivity contribution in [3.05, 3.63) is 45.3 Å². The molecule has 0 aliphatic carbocycles. The van der Waals surface area contributed by atoms with Crippen LogP contribution in [-0.4, -0.2) is 38.2 Å². The number of imide groups is 1. The van der Waals surface area contributed by atoms with Crippen LogP contribution < -0.4 is 4.74 Å². The Balaban J connectivity index is 1.87. The van der Waals surface area contributed by atoms with Crippen LogP contribution in [0.1, 0.15) is 11.3 Å². The highest BCUT2D eigenvalue weighted by molar-refractivity contribution is 9.10. The molecule has 0 spiro atoms. The van der Waals surface area contributed by atoms with E-state index in [0.717, 1.165) is 22.4 Å². The van der Waals surface area contributed by atoms with E-state index in [2.05, 4.69) is 25.9 Å². The van der Waals surface area contributed by atoms with E-state index in [1.165, 1.54) is 19.4 Å². The summed E-state index contributed by atoms with van der Waals surface area (Å²) in [7, 11) is 1.43. The second kappa shape index (κ2) is 6.70. The third kappa shape index (κ3) is 3.31. The number of aromatic amines is 1. The lowest BCUT2D eigenvalue weighted by atomic mass is 10.2. The Morgan fingerprint density at radius 1 is 1.46 bits per heavy atom. The highest BCUT2D eigenvalue weighted by atomic mass is 79.9. The molecule has 1 aromatic carbocycles. The van der Waals surface area contributed by atoms with Crippen LogP contribution in [0.4, 0.5) is 4.79 Å². The molecule has 0 atom stereocenters. The lowest BCUT2D eigenvalue weighted by Gasteiger charge is -2.10. The van der Waals surface area contributed by atoms with Gasteiger partial charge in [-0.1, -0.05) is 15.9 Å². The fourth-order valence-electron chi connectivity index (χ4n) is 1.99. The van der Waals surface area contributed by atoms with E-state index in [1.54, 1.807) is 18.3 Å². The standard InChI is InChI=1S/C15H12BrN3O4S/c1-19-14(21)13(24-15(19)22)3-8-2-12(11(20)4-10(8)16)23-6-9-5-17-7-18-9/h2-5,7,20H,6H2,1H3,(H,17,18)/b13-3-. The molecule has 2 N–H and O–H groups in total. The molecule has 2 heterocycles. The van der Waals surface area contributed by atoms with E-state index in [-0.39, 0.29) is 29.3 Å². The van der Waals surface area contributed by atoms with Gasteiger partial charge in [0, 0.05) is 11.5 Å². The Bertz CT molecular complexity index is 835. The van der Waals surface area contributed by atoms with Gasteiger partial charge in [-0.05, 0) is 35.5 Å². The summed E-state index contributed by atoms with van der Waals surface area (Å²) < 4.78 is 6.15. The number of rotatable bonds is 4. The molecule has 0 bridgehead atoms. The average molecular weight is 410 g/mol. The number of thioether (sulfide) groups is 1. The van der Waals surface area contributed by atoms with Gasteiger partial charge in [-0.2, -0.15) is 0 Å². The zero-order chi connectivity index (χ0) is 17.3. The zero-order valence-electron chi connectivity index (χ0n) is 12.4. The Hall–Kier alpha value is -2.26. The number of phenols is 1. The van der Waals surface area contributed by atoms with E-state index in [4.69, 9.17) is 4.74 Å². The first-order chi connectivity index (χ1) is 11.5. The predicted octanol–water partition coefficient (Wildman–Crippen LogP) is 3.12. The molecule has 7 nitrogen and oxygen atoms in total. The number of halogens is 1. The van der Waals surface area contributed by atoms with Crippen molar-refractivity contribution in [2.75, 3.05) is 7.05 Å². The quantitative estimate of drug-likeness (QED) is 0.753. The third-order valence-corrected chi connectivity index (χ3v) is 4.94. The zero-order valence-corrected chi connectivity index (χ0v) is 14.8. The minimum absolute atomic E-state index is 0.0397. The van der Waals surface area contributed by atoms with Gasteiger partial charge in [0.1, 0.15) is 6.61 Å². The smallest absolute Gasteiger partial charge is 0.293 e. The van der Waals surface area contributed by atoms with E-state index in [1.807, 2.05) is 0 Å². The van der Waals surface area contributed by atoms with Gasteiger partial charge in [-0.3, -0.25) is 14.5 Å². The van der Waals surface area contributed by atoms with Crippen molar-refractivity contribution in [3.63, 3.8) is 0 Å². The molecule has 124 valence electrons. The van der Waals surface area contributed by atoms with Gasteiger partial charge in [0.2, 0.25) is 0 Å². The van der Waals surface area contributed by atoms with Crippen LogP contribution in [-0.2, 0) is 11.4 Å². The summed E-state index contributed by atoms with van der Waals surface area (Å²) in [5, 5.41) is 9.68. The molecule has 1 aromatic heterocycles. The topological polar surface area (TPSA) is 95.5 Å².